The van der Waals surface area contributed by atoms with E-state index in [-0.39, 0.29) is 0 Å². The summed E-state index contributed by atoms with van der Waals surface area (Å²) in [7, 11) is 0. The second-order valence-corrected chi connectivity index (χ2v) is 6.03. The first kappa shape index (κ1) is 10.7. The molecule has 80 valence electrons. The predicted molar refractivity (Wildman–Crippen MR) is 66.0 cm³/mol. The summed E-state index contributed by atoms with van der Waals surface area (Å²) < 4.78 is 6.34. The Kier molecular flexibility index (Phi) is 2.84. The molecule has 0 fully saturated rings. The molecule has 5 heteroatoms. The quantitative estimate of drug-likeness (QED) is 0.912. The summed E-state index contributed by atoms with van der Waals surface area (Å²) in [5.74, 6) is 1.59. The maximum atomic E-state index is 5.77. The first-order valence-electron chi connectivity index (χ1n) is 4.60. The highest BCUT2D eigenvalue weighted by Crippen LogP contribution is 2.38. The number of aromatic nitrogens is 1. The molecule has 0 aromatic carbocycles. The third-order valence-electron chi connectivity index (χ3n) is 2.13. The third kappa shape index (κ3) is 1.94. The molecular formula is C10H11BrN2OS. The van der Waals surface area contributed by atoms with Gasteiger partial charge in [-0.15, -0.1) is 11.3 Å². The Morgan fingerprint density at radius 2 is 2.20 bits per heavy atom. The van der Waals surface area contributed by atoms with Crippen LogP contribution in [0.2, 0.25) is 0 Å². The molecule has 0 bridgehead atoms. The van der Waals surface area contributed by atoms with Crippen molar-refractivity contribution in [3.63, 3.8) is 0 Å². The standard InChI is InChI=1S/C10H11BrN2OS/c1-5(2)8-9(14-13-10(8)12)6-3-4-7(11)15-6/h3-5H,1-2H3,(H2,12,13). The molecule has 0 saturated heterocycles. The van der Waals surface area contributed by atoms with Gasteiger partial charge in [-0.25, -0.2) is 0 Å². The maximum Gasteiger partial charge on any atom is 0.182 e. The zero-order chi connectivity index (χ0) is 11.0. The molecule has 0 amide bonds. The van der Waals surface area contributed by atoms with E-state index in [0.717, 1.165) is 20.0 Å². The zero-order valence-corrected chi connectivity index (χ0v) is 10.9. The van der Waals surface area contributed by atoms with Crippen LogP contribution in [0.15, 0.2) is 20.4 Å². The van der Waals surface area contributed by atoms with E-state index in [9.17, 15) is 0 Å². The van der Waals surface area contributed by atoms with Crippen molar-refractivity contribution in [1.29, 1.82) is 0 Å². The molecule has 0 radical (unpaired) electrons. The van der Waals surface area contributed by atoms with E-state index in [4.69, 9.17) is 10.3 Å². The van der Waals surface area contributed by atoms with Crippen molar-refractivity contribution >= 4 is 33.1 Å². The van der Waals surface area contributed by atoms with Crippen LogP contribution in [0, 0.1) is 0 Å². The summed E-state index contributed by atoms with van der Waals surface area (Å²) in [4.78, 5) is 1.05. The first-order valence-corrected chi connectivity index (χ1v) is 6.21. The molecule has 0 unspecified atom stereocenters. The van der Waals surface area contributed by atoms with E-state index in [1.165, 1.54) is 0 Å². The van der Waals surface area contributed by atoms with Gasteiger partial charge in [-0.3, -0.25) is 0 Å². The van der Waals surface area contributed by atoms with Gasteiger partial charge < -0.3 is 10.3 Å². The average molecular weight is 287 g/mol. The summed E-state index contributed by atoms with van der Waals surface area (Å²) >= 11 is 5.04. The summed E-state index contributed by atoms with van der Waals surface area (Å²) in [5, 5.41) is 3.82. The minimum Gasteiger partial charge on any atom is -0.381 e. The number of anilines is 1. The molecule has 0 aliphatic carbocycles. The highest BCUT2D eigenvalue weighted by molar-refractivity contribution is 9.11. The van der Waals surface area contributed by atoms with Crippen LogP contribution in [0.4, 0.5) is 5.82 Å². The molecule has 0 spiro atoms. The molecule has 2 aromatic rings. The SMILES string of the molecule is CC(C)c1c(N)noc1-c1ccc(Br)s1. The van der Waals surface area contributed by atoms with Crippen molar-refractivity contribution in [2.75, 3.05) is 5.73 Å². The monoisotopic (exact) mass is 286 g/mol. The molecule has 2 N–H and O–H groups in total. The number of rotatable bonds is 2. The molecule has 0 saturated carbocycles. The smallest absolute Gasteiger partial charge is 0.182 e. The summed E-state index contributed by atoms with van der Waals surface area (Å²) in [6.45, 7) is 4.16. The van der Waals surface area contributed by atoms with Crippen LogP contribution in [-0.2, 0) is 0 Å². The molecule has 15 heavy (non-hydrogen) atoms. The Labute approximate surface area is 100 Å². The fourth-order valence-electron chi connectivity index (χ4n) is 1.48. The number of hydrogen-bond acceptors (Lipinski definition) is 4. The fraction of sp³-hybridized carbons (Fsp3) is 0.300. The second-order valence-electron chi connectivity index (χ2n) is 3.57. The Morgan fingerprint density at radius 3 is 2.73 bits per heavy atom. The van der Waals surface area contributed by atoms with Crippen molar-refractivity contribution in [3.05, 3.63) is 21.5 Å². The zero-order valence-electron chi connectivity index (χ0n) is 8.45. The van der Waals surface area contributed by atoms with Crippen molar-refractivity contribution in [1.82, 2.24) is 5.16 Å². The molecule has 2 aromatic heterocycles. The van der Waals surface area contributed by atoms with Crippen molar-refractivity contribution in [2.45, 2.75) is 19.8 Å². The highest BCUT2D eigenvalue weighted by atomic mass is 79.9. The van der Waals surface area contributed by atoms with Gasteiger partial charge in [0, 0.05) is 5.56 Å². The van der Waals surface area contributed by atoms with E-state index in [0.29, 0.717) is 11.7 Å². The minimum atomic E-state index is 0.312. The molecule has 3 nitrogen and oxygen atoms in total. The molecular weight excluding hydrogens is 276 g/mol. The first-order chi connectivity index (χ1) is 7.09. The van der Waals surface area contributed by atoms with Gasteiger partial charge >= 0.3 is 0 Å². The molecule has 0 aliphatic rings. The van der Waals surface area contributed by atoms with Crippen LogP contribution in [0.25, 0.3) is 10.6 Å². The van der Waals surface area contributed by atoms with E-state index < -0.39 is 0 Å². The van der Waals surface area contributed by atoms with E-state index in [1.807, 2.05) is 12.1 Å². The predicted octanol–water partition coefficient (Wildman–Crippen LogP) is 3.87. The van der Waals surface area contributed by atoms with Crippen LogP contribution in [-0.4, -0.2) is 5.16 Å². The minimum absolute atomic E-state index is 0.312. The second kappa shape index (κ2) is 3.98. The van der Waals surface area contributed by atoms with E-state index in [2.05, 4.69) is 34.9 Å². The number of nitrogens with zero attached hydrogens (tertiary/aromatic N) is 1. The van der Waals surface area contributed by atoms with Crippen LogP contribution >= 0.6 is 27.3 Å². The van der Waals surface area contributed by atoms with Gasteiger partial charge in [-0.1, -0.05) is 19.0 Å². The summed E-state index contributed by atoms with van der Waals surface area (Å²) in [5.41, 5.74) is 6.76. The average Bonchev–Trinajstić information content (AvgIpc) is 2.71. The number of thiophene rings is 1. The lowest BCUT2D eigenvalue weighted by molar-refractivity contribution is 0.435. The molecule has 2 heterocycles. The normalized spacial score (nSPS) is 11.2. The van der Waals surface area contributed by atoms with Gasteiger partial charge in [0.25, 0.3) is 0 Å². The van der Waals surface area contributed by atoms with Crippen molar-refractivity contribution < 1.29 is 4.52 Å². The summed E-state index contributed by atoms with van der Waals surface area (Å²) in [6, 6.07) is 3.99. The lowest BCUT2D eigenvalue weighted by atomic mass is 10.0. The van der Waals surface area contributed by atoms with Crippen LogP contribution < -0.4 is 5.73 Å². The van der Waals surface area contributed by atoms with E-state index in [1.54, 1.807) is 11.3 Å². The maximum absolute atomic E-state index is 5.77. The number of nitrogen functional groups attached to an aromatic ring is 1. The Balaban J connectivity index is 2.53. The van der Waals surface area contributed by atoms with Crippen LogP contribution in [0.3, 0.4) is 0 Å². The van der Waals surface area contributed by atoms with Crippen molar-refractivity contribution in [3.8, 4) is 10.6 Å². The van der Waals surface area contributed by atoms with Gasteiger partial charge in [0.15, 0.2) is 11.6 Å². The lowest BCUT2D eigenvalue weighted by Gasteiger charge is -2.03. The van der Waals surface area contributed by atoms with Crippen molar-refractivity contribution in [2.24, 2.45) is 0 Å². The largest absolute Gasteiger partial charge is 0.381 e. The van der Waals surface area contributed by atoms with Gasteiger partial charge in [0.05, 0.1) is 8.66 Å². The Morgan fingerprint density at radius 1 is 1.47 bits per heavy atom. The fourth-order valence-corrected chi connectivity index (χ4v) is 2.86. The van der Waals surface area contributed by atoms with Crippen LogP contribution in [0.1, 0.15) is 25.3 Å². The highest BCUT2D eigenvalue weighted by Gasteiger charge is 2.19. The number of hydrogen-bond donors (Lipinski definition) is 1. The third-order valence-corrected chi connectivity index (χ3v) is 3.75. The molecule has 0 aliphatic heterocycles. The topological polar surface area (TPSA) is 52.0 Å². The summed E-state index contributed by atoms with van der Waals surface area (Å²) in [6.07, 6.45) is 0. The van der Waals surface area contributed by atoms with Gasteiger partial charge in [-0.05, 0) is 34.0 Å². The van der Waals surface area contributed by atoms with E-state index >= 15 is 0 Å². The van der Waals surface area contributed by atoms with Gasteiger partial charge in [-0.2, -0.15) is 0 Å². The Bertz CT molecular complexity index is 475. The van der Waals surface area contributed by atoms with Crippen LogP contribution in [0.5, 0.6) is 0 Å². The Hall–Kier alpha value is -0.810. The number of halogens is 1. The van der Waals surface area contributed by atoms with Gasteiger partial charge in [0.2, 0.25) is 0 Å². The molecule has 0 atom stereocenters. The molecule has 2 rings (SSSR count). The van der Waals surface area contributed by atoms with Gasteiger partial charge in [0.1, 0.15) is 0 Å². The number of nitrogens with two attached hydrogens (primary N) is 1. The lowest BCUT2D eigenvalue weighted by Crippen LogP contribution is -1.94.